The quantitative estimate of drug-likeness (QED) is 0.908. The van der Waals surface area contributed by atoms with Crippen LogP contribution in [0.25, 0.3) is 10.9 Å². The topological polar surface area (TPSA) is 65.9 Å². The van der Waals surface area contributed by atoms with Crippen LogP contribution in [-0.4, -0.2) is 17.6 Å². The Bertz CT molecular complexity index is 640. The zero-order chi connectivity index (χ0) is 13.2. The van der Waals surface area contributed by atoms with Gasteiger partial charge in [-0.25, -0.2) is 0 Å². The molecule has 96 valence electrons. The molecule has 2 N–H and O–H groups in total. The molecule has 4 heteroatoms. The Hall–Kier alpha value is -2.28. The lowest BCUT2D eigenvalue weighted by Crippen LogP contribution is -2.27. The van der Waals surface area contributed by atoms with E-state index in [1.807, 2.05) is 18.2 Å². The van der Waals surface area contributed by atoms with Crippen LogP contribution in [-0.2, 0) is 0 Å². The highest BCUT2D eigenvalue weighted by molar-refractivity contribution is 5.97. The van der Waals surface area contributed by atoms with E-state index in [1.165, 1.54) is 12.8 Å². The van der Waals surface area contributed by atoms with Crippen LogP contribution >= 0.6 is 0 Å². The normalized spacial score (nSPS) is 14.3. The molecule has 4 nitrogen and oxygen atoms in total. The van der Waals surface area contributed by atoms with Crippen LogP contribution in [0, 0.1) is 11.3 Å². The number of anilines is 2. The fourth-order valence-electron chi connectivity index (χ4n) is 2.50. The number of nitrogen functional groups attached to an aromatic ring is 1. The number of pyridine rings is 1. The van der Waals surface area contributed by atoms with Crippen LogP contribution in [0.3, 0.4) is 0 Å². The predicted octanol–water partition coefficient (Wildman–Crippen LogP) is 2.70. The van der Waals surface area contributed by atoms with Crippen molar-refractivity contribution in [2.75, 3.05) is 17.2 Å². The summed E-state index contributed by atoms with van der Waals surface area (Å²) in [6.45, 7) is 0.735. The highest BCUT2D eigenvalue weighted by Gasteiger charge is 2.31. The van der Waals surface area contributed by atoms with E-state index in [0.717, 1.165) is 23.1 Å². The number of nitriles is 1. The molecule has 0 atom stereocenters. The molecule has 1 aromatic heterocycles. The minimum Gasteiger partial charge on any atom is -0.396 e. The van der Waals surface area contributed by atoms with Crippen LogP contribution in [0.4, 0.5) is 11.4 Å². The van der Waals surface area contributed by atoms with E-state index >= 15 is 0 Å². The molecule has 0 saturated heterocycles. The number of benzene rings is 1. The van der Waals surface area contributed by atoms with E-state index in [-0.39, 0.29) is 0 Å². The van der Waals surface area contributed by atoms with E-state index in [9.17, 15) is 0 Å². The largest absolute Gasteiger partial charge is 0.396 e. The van der Waals surface area contributed by atoms with Gasteiger partial charge in [-0.05, 0) is 18.9 Å². The van der Waals surface area contributed by atoms with Crippen molar-refractivity contribution in [3.63, 3.8) is 0 Å². The molecular formula is C15H16N4. The zero-order valence-corrected chi connectivity index (χ0v) is 10.7. The lowest BCUT2D eigenvalue weighted by molar-refractivity contribution is 0.797. The average Bonchev–Trinajstić information content (AvgIpc) is 3.26. The van der Waals surface area contributed by atoms with Gasteiger partial charge in [0.2, 0.25) is 0 Å². The zero-order valence-electron chi connectivity index (χ0n) is 10.7. The van der Waals surface area contributed by atoms with Gasteiger partial charge in [0.25, 0.3) is 0 Å². The summed E-state index contributed by atoms with van der Waals surface area (Å²) >= 11 is 0. The summed E-state index contributed by atoms with van der Waals surface area (Å²) in [6.07, 6.45) is 4.61. The minimum absolute atomic E-state index is 0.520. The summed E-state index contributed by atoms with van der Waals surface area (Å²) in [5, 5.41) is 9.90. The van der Waals surface area contributed by atoms with E-state index < -0.39 is 0 Å². The number of nitrogens with two attached hydrogens (primary N) is 1. The number of nitrogens with zero attached hydrogens (tertiary/aromatic N) is 3. The third-order valence-electron chi connectivity index (χ3n) is 3.51. The highest BCUT2D eigenvalue weighted by Crippen LogP contribution is 2.38. The van der Waals surface area contributed by atoms with Crippen molar-refractivity contribution in [1.29, 1.82) is 5.26 Å². The van der Waals surface area contributed by atoms with Crippen molar-refractivity contribution in [2.45, 2.75) is 25.3 Å². The van der Waals surface area contributed by atoms with Crippen molar-refractivity contribution >= 4 is 22.3 Å². The van der Waals surface area contributed by atoms with Crippen molar-refractivity contribution in [1.82, 2.24) is 4.98 Å². The lowest BCUT2D eigenvalue weighted by atomic mass is 10.1. The van der Waals surface area contributed by atoms with Crippen LogP contribution < -0.4 is 10.6 Å². The monoisotopic (exact) mass is 252 g/mol. The minimum atomic E-state index is 0.520. The maximum absolute atomic E-state index is 8.83. The lowest BCUT2D eigenvalue weighted by Gasteiger charge is -2.26. The molecule has 0 bridgehead atoms. The summed E-state index contributed by atoms with van der Waals surface area (Å²) in [4.78, 5) is 6.65. The summed E-state index contributed by atoms with van der Waals surface area (Å²) in [7, 11) is 0. The first-order chi connectivity index (χ1) is 9.31. The Kier molecular flexibility index (Phi) is 2.96. The first-order valence-electron chi connectivity index (χ1n) is 6.58. The molecule has 1 heterocycles. The first kappa shape index (κ1) is 11.8. The Labute approximate surface area is 112 Å². The average molecular weight is 252 g/mol. The molecule has 1 saturated carbocycles. The molecular weight excluding hydrogens is 236 g/mol. The number of aromatic nitrogens is 1. The summed E-state index contributed by atoms with van der Waals surface area (Å²) in [6, 6.07) is 10.8. The van der Waals surface area contributed by atoms with Gasteiger partial charge in [0.15, 0.2) is 0 Å². The standard InChI is InChI=1S/C15H16N4/c16-8-3-9-19(11-6-7-11)15-12-4-1-2-5-14(12)18-10-13(15)17/h1-2,4-5,10-11H,3,6-7,9,17H2. The predicted molar refractivity (Wildman–Crippen MR) is 76.8 cm³/mol. The fourth-order valence-corrected chi connectivity index (χ4v) is 2.50. The molecule has 3 rings (SSSR count). The highest BCUT2D eigenvalue weighted by atomic mass is 15.2. The first-order valence-corrected chi connectivity index (χ1v) is 6.58. The maximum atomic E-state index is 8.83. The Morgan fingerprint density at radius 1 is 1.37 bits per heavy atom. The third kappa shape index (κ3) is 2.19. The van der Waals surface area contributed by atoms with Crippen LogP contribution in [0.15, 0.2) is 30.5 Å². The Morgan fingerprint density at radius 2 is 2.16 bits per heavy atom. The second-order valence-electron chi connectivity index (χ2n) is 4.91. The number of para-hydroxylation sites is 1. The van der Waals surface area contributed by atoms with Crippen LogP contribution in [0.5, 0.6) is 0 Å². The van der Waals surface area contributed by atoms with Gasteiger partial charge < -0.3 is 10.6 Å². The second kappa shape index (κ2) is 4.77. The molecule has 0 aliphatic heterocycles. The van der Waals surface area contributed by atoms with E-state index in [1.54, 1.807) is 6.20 Å². The van der Waals surface area contributed by atoms with E-state index in [0.29, 0.717) is 18.2 Å². The van der Waals surface area contributed by atoms with Crippen molar-refractivity contribution < 1.29 is 0 Å². The number of hydrogen-bond donors (Lipinski definition) is 1. The molecule has 0 unspecified atom stereocenters. The van der Waals surface area contributed by atoms with Crippen LogP contribution in [0.1, 0.15) is 19.3 Å². The summed E-state index contributed by atoms with van der Waals surface area (Å²) < 4.78 is 0. The van der Waals surface area contributed by atoms with E-state index in [2.05, 4.69) is 22.0 Å². The van der Waals surface area contributed by atoms with E-state index in [4.69, 9.17) is 11.0 Å². The van der Waals surface area contributed by atoms with Gasteiger partial charge in [-0.15, -0.1) is 0 Å². The van der Waals surface area contributed by atoms with Gasteiger partial charge in [-0.1, -0.05) is 18.2 Å². The van der Waals surface area contributed by atoms with Crippen LogP contribution in [0.2, 0.25) is 0 Å². The van der Waals surface area contributed by atoms with Gasteiger partial charge in [0.05, 0.1) is 35.6 Å². The summed E-state index contributed by atoms with van der Waals surface area (Å²) in [5.41, 5.74) is 8.83. The fraction of sp³-hybridized carbons (Fsp3) is 0.333. The number of fused-ring (bicyclic) bond motifs is 1. The Morgan fingerprint density at radius 3 is 2.89 bits per heavy atom. The number of hydrogen-bond acceptors (Lipinski definition) is 4. The van der Waals surface area contributed by atoms with Gasteiger partial charge in [-0.2, -0.15) is 5.26 Å². The van der Waals surface area contributed by atoms with Gasteiger partial charge >= 0.3 is 0 Å². The van der Waals surface area contributed by atoms with Crippen molar-refractivity contribution in [3.8, 4) is 6.07 Å². The molecule has 1 aliphatic carbocycles. The number of rotatable bonds is 4. The second-order valence-corrected chi connectivity index (χ2v) is 4.91. The molecule has 0 radical (unpaired) electrons. The van der Waals surface area contributed by atoms with Crippen molar-refractivity contribution in [2.24, 2.45) is 0 Å². The molecule has 0 amide bonds. The smallest absolute Gasteiger partial charge is 0.0745 e. The third-order valence-corrected chi connectivity index (χ3v) is 3.51. The molecule has 0 spiro atoms. The van der Waals surface area contributed by atoms with Crippen molar-refractivity contribution in [3.05, 3.63) is 30.5 Å². The van der Waals surface area contributed by atoms with Gasteiger partial charge in [0.1, 0.15) is 0 Å². The molecule has 1 fully saturated rings. The van der Waals surface area contributed by atoms with Gasteiger partial charge in [-0.3, -0.25) is 4.98 Å². The Balaban J connectivity index is 2.11. The molecule has 2 aromatic rings. The SMILES string of the molecule is N#CCCN(c1c(N)cnc2ccccc12)C1CC1. The maximum Gasteiger partial charge on any atom is 0.0745 e. The summed E-state index contributed by atoms with van der Waals surface area (Å²) in [5.74, 6) is 0. The molecule has 19 heavy (non-hydrogen) atoms. The molecule has 1 aromatic carbocycles. The van der Waals surface area contributed by atoms with Gasteiger partial charge in [0, 0.05) is 18.0 Å². The molecule has 1 aliphatic rings.